The summed E-state index contributed by atoms with van der Waals surface area (Å²) in [5, 5.41) is 3.87. The van der Waals surface area contributed by atoms with Crippen LogP contribution in [0.2, 0.25) is 5.02 Å². The normalized spacial score (nSPS) is 12.1. The number of hydrogen-bond acceptors (Lipinski definition) is 4. The number of benzene rings is 1. The van der Waals surface area contributed by atoms with Crippen LogP contribution in [0, 0.1) is 13.8 Å². The maximum absolute atomic E-state index is 5.96. The first-order chi connectivity index (χ1) is 9.93. The van der Waals surface area contributed by atoms with E-state index in [0.29, 0.717) is 0 Å². The molecule has 1 aromatic carbocycles. The lowest BCUT2D eigenvalue weighted by atomic mass is 10.1. The zero-order valence-corrected chi connectivity index (χ0v) is 13.9. The highest BCUT2D eigenvalue weighted by atomic mass is 35.5. The van der Waals surface area contributed by atoms with Gasteiger partial charge in [0.2, 0.25) is 0 Å². The van der Waals surface area contributed by atoms with Gasteiger partial charge in [-0.1, -0.05) is 23.7 Å². The van der Waals surface area contributed by atoms with Crippen molar-refractivity contribution < 1.29 is 0 Å². The molecule has 2 rings (SSSR count). The molecule has 0 aliphatic heterocycles. The van der Waals surface area contributed by atoms with Crippen LogP contribution < -0.4 is 10.2 Å². The van der Waals surface area contributed by atoms with Crippen molar-refractivity contribution in [3.63, 3.8) is 0 Å². The Bertz CT molecular complexity index is 625. The molecule has 1 unspecified atom stereocenters. The molecular formula is C16H21ClN4. The largest absolute Gasteiger partial charge is 0.373 e. The van der Waals surface area contributed by atoms with Gasteiger partial charge < -0.3 is 10.2 Å². The van der Waals surface area contributed by atoms with Crippen molar-refractivity contribution in [1.82, 2.24) is 9.97 Å². The van der Waals surface area contributed by atoms with Crippen molar-refractivity contribution in [3.05, 3.63) is 46.2 Å². The molecule has 1 atom stereocenters. The minimum Gasteiger partial charge on any atom is -0.373 e. The van der Waals surface area contributed by atoms with E-state index in [1.807, 2.05) is 52.2 Å². The van der Waals surface area contributed by atoms with Crippen LogP contribution in [-0.4, -0.2) is 24.1 Å². The van der Waals surface area contributed by atoms with Crippen molar-refractivity contribution in [2.75, 3.05) is 24.3 Å². The van der Waals surface area contributed by atoms with Crippen molar-refractivity contribution in [2.45, 2.75) is 26.8 Å². The monoisotopic (exact) mass is 304 g/mol. The summed E-state index contributed by atoms with van der Waals surface area (Å²) in [4.78, 5) is 11.2. The van der Waals surface area contributed by atoms with Crippen LogP contribution >= 0.6 is 11.6 Å². The Morgan fingerprint density at radius 1 is 1.14 bits per heavy atom. The molecule has 21 heavy (non-hydrogen) atoms. The third-order valence-electron chi connectivity index (χ3n) is 3.74. The maximum atomic E-state index is 5.96. The van der Waals surface area contributed by atoms with Crippen LogP contribution in [0.25, 0.3) is 0 Å². The van der Waals surface area contributed by atoms with Gasteiger partial charge in [-0.25, -0.2) is 9.97 Å². The van der Waals surface area contributed by atoms with Crippen LogP contribution in [0.15, 0.2) is 24.3 Å². The van der Waals surface area contributed by atoms with Gasteiger partial charge in [0, 0.05) is 24.7 Å². The van der Waals surface area contributed by atoms with Crippen LogP contribution in [0.1, 0.15) is 29.9 Å². The Labute approximate surface area is 131 Å². The Morgan fingerprint density at radius 3 is 2.33 bits per heavy atom. The molecule has 0 amide bonds. The second kappa shape index (κ2) is 6.31. The fourth-order valence-electron chi connectivity index (χ4n) is 2.35. The summed E-state index contributed by atoms with van der Waals surface area (Å²) in [6.07, 6.45) is 0. The van der Waals surface area contributed by atoms with Crippen molar-refractivity contribution >= 4 is 23.2 Å². The summed E-state index contributed by atoms with van der Waals surface area (Å²) in [6, 6.07) is 8.12. The first-order valence-corrected chi connectivity index (χ1v) is 7.33. The number of nitrogens with one attached hydrogen (secondary N) is 1. The van der Waals surface area contributed by atoms with Gasteiger partial charge in [-0.15, -0.1) is 0 Å². The number of anilines is 2. The molecule has 1 aromatic heterocycles. The SMILES string of the molecule is CNc1nc(C)nc(N(C)C(C)c2ccc(Cl)cc2)c1C. The highest BCUT2D eigenvalue weighted by Crippen LogP contribution is 2.29. The Kier molecular flexibility index (Phi) is 4.68. The molecule has 2 aromatic rings. The van der Waals surface area contributed by atoms with E-state index >= 15 is 0 Å². The number of aromatic nitrogens is 2. The van der Waals surface area contributed by atoms with Crippen molar-refractivity contribution in [2.24, 2.45) is 0 Å². The molecule has 0 spiro atoms. The van der Waals surface area contributed by atoms with E-state index in [1.165, 1.54) is 5.56 Å². The lowest BCUT2D eigenvalue weighted by Crippen LogP contribution is -2.24. The Balaban J connectivity index is 2.37. The summed E-state index contributed by atoms with van der Waals surface area (Å²) in [5.74, 6) is 2.57. The second-order valence-corrected chi connectivity index (χ2v) is 5.59. The predicted molar refractivity (Wildman–Crippen MR) is 89.3 cm³/mol. The van der Waals surface area contributed by atoms with Gasteiger partial charge in [0.15, 0.2) is 0 Å². The minimum absolute atomic E-state index is 0.194. The maximum Gasteiger partial charge on any atom is 0.137 e. The fourth-order valence-corrected chi connectivity index (χ4v) is 2.47. The molecule has 0 bridgehead atoms. The quantitative estimate of drug-likeness (QED) is 0.927. The standard InChI is InChI=1S/C16H21ClN4/c1-10-15(18-4)19-12(3)20-16(10)21(5)11(2)13-6-8-14(17)9-7-13/h6-9,11H,1-5H3,(H,18,19,20). The molecular weight excluding hydrogens is 284 g/mol. The lowest BCUT2D eigenvalue weighted by molar-refractivity contribution is 0.721. The van der Waals surface area contributed by atoms with Crippen LogP contribution in [0.4, 0.5) is 11.6 Å². The third-order valence-corrected chi connectivity index (χ3v) is 3.99. The van der Waals surface area contributed by atoms with Gasteiger partial charge in [0.1, 0.15) is 17.5 Å². The Hall–Kier alpha value is -1.81. The average Bonchev–Trinajstić information content (AvgIpc) is 2.48. The molecule has 112 valence electrons. The number of aryl methyl sites for hydroxylation is 1. The van der Waals surface area contributed by atoms with E-state index < -0.39 is 0 Å². The van der Waals surface area contributed by atoms with Gasteiger partial charge in [-0.05, 0) is 38.5 Å². The number of halogens is 1. The Morgan fingerprint density at radius 2 is 1.76 bits per heavy atom. The lowest BCUT2D eigenvalue weighted by Gasteiger charge is -2.28. The van der Waals surface area contributed by atoms with Gasteiger partial charge in [0.25, 0.3) is 0 Å². The fraction of sp³-hybridized carbons (Fsp3) is 0.375. The van der Waals surface area contributed by atoms with E-state index in [0.717, 1.165) is 28.0 Å². The second-order valence-electron chi connectivity index (χ2n) is 5.16. The van der Waals surface area contributed by atoms with E-state index in [-0.39, 0.29) is 6.04 Å². The first kappa shape index (κ1) is 15.6. The van der Waals surface area contributed by atoms with Gasteiger partial charge in [-0.3, -0.25) is 0 Å². The molecule has 0 saturated heterocycles. The van der Waals surface area contributed by atoms with Gasteiger partial charge in [-0.2, -0.15) is 0 Å². The van der Waals surface area contributed by atoms with Crippen molar-refractivity contribution in [3.8, 4) is 0 Å². The highest BCUT2D eigenvalue weighted by Gasteiger charge is 2.18. The minimum atomic E-state index is 0.194. The number of rotatable bonds is 4. The summed E-state index contributed by atoms with van der Waals surface area (Å²) in [5.41, 5.74) is 2.25. The first-order valence-electron chi connectivity index (χ1n) is 6.95. The van der Waals surface area contributed by atoms with Gasteiger partial charge in [0.05, 0.1) is 6.04 Å². The molecule has 0 radical (unpaired) electrons. The molecule has 1 heterocycles. The summed E-state index contributed by atoms with van der Waals surface area (Å²) >= 11 is 5.96. The topological polar surface area (TPSA) is 41.1 Å². The molecule has 0 fully saturated rings. The van der Waals surface area contributed by atoms with Crippen LogP contribution in [0.5, 0.6) is 0 Å². The molecule has 0 saturated carbocycles. The molecule has 4 nitrogen and oxygen atoms in total. The molecule has 5 heteroatoms. The van der Waals surface area contributed by atoms with Crippen LogP contribution in [0.3, 0.4) is 0 Å². The molecule has 0 aliphatic carbocycles. The van der Waals surface area contributed by atoms with Gasteiger partial charge >= 0.3 is 0 Å². The highest BCUT2D eigenvalue weighted by molar-refractivity contribution is 6.30. The molecule has 1 N–H and O–H groups in total. The smallest absolute Gasteiger partial charge is 0.137 e. The third kappa shape index (κ3) is 3.27. The summed E-state index contributed by atoms with van der Waals surface area (Å²) in [6.45, 7) is 6.09. The molecule has 0 aliphatic rings. The van der Waals surface area contributed by atoms with E-state index in [1.54, 1.807) is 0 Å². The van der Waals surface area contributed by atoms with Crippen LogP contribution in [-0.2, 0) is 0 Å². The van der Waals surface area contributed by atoms with E-state index in [4.69, 9.17) is 11.6 Å². The number of nitrogens with zero attached hydrogens (tertiary/aromatic N) is 3. The number of hydrogen-bond donors (Lipinski definition) is 1. The van der Waals surface area contributed by atoms with E-state index in [2.05, 4.69) is 27.1 Å². The van der Waals surface area contributed by atoms with E-state index in [9.17, 15) is 0 Å². The summed E-state index contributed by atoms with van der Waals surface area (Å²) < 4.78 is 0. The average molecular weight is 305 g/mol. The summed E-state index contributed by atoms with van der Waals surface area (Å²) in [7, 11) is 3.93. The predicted octanol–water partition coefficient (Wildman–Crippen LogP) is 3.99. The van der Waals surface area contributed by atoms with Crippen molar-refractivity contribution in [1.29, 1.82) is 0 Å². The zero-order valence-electron chi connectivity index (χ0n) is 13.1. The zero-order chi connectivity index (χ0) is 15.6.